The number of alkyl halides is 1. The van der Waals surface area contributed by atoms with Gasteiger partial charge in [-0.25, -0.2) is 0 Å². The average molecular weight is 284 g/mol. The second kappa shape index (κ2) is 5.29. The molecule has 1 aromatic heterocycles. The lowest BCUT2D eigenvalue weighted by molar-refractivity contribution is 0.584. The molecule has 2 aromatic rings. The molecule has 5 heteroatoms. The van der Waals surface area contributed by atoms with Crippen molar-refractivity contribution in [1.29, 1.82) is 0 Å². The van der Waals surface area contributed by atoms with E-state index < -0.39 is 0 Å². The van der Waals surface area contributed by atoms with Crippen molar-refractivity contribution >= 4 is 23.2 Å². The summed E-state index contributed by atoms with van der Waals surface area (Å²) in [6.45, 7) is 6.21. The highest BCUT2D eigenvalue weighted by atomic mass is 35.5. The van der Waals surface area contributed by atoms with Crippen LogP contribution in [0.1, 0.15) is 31.3 Å². The minimum Gasteiger partial charge on any atom is -0.307 e. The van der Waals surface area contributed by atoms with Crippen LogP contribution in [0, 0.1) is 6.92 Å². The lowest BCUT2D eigenvalue weighted by Gasteiger charge is -2.14. The maximum absolute atomic E-state index is 6.06. The van der Waals surface area contributed by atoms with Crippen LogP contribution in [-0.4, -0.2) is 14.8 Å². The molecule has 0 bridgehead atoms. The molecule has 18 heavy (non-hydrogen) atoms. The Labute approximate surface area is 117 Å². The monoisotopic (exact) mass is 283 g/mol. The van der Waals surface area contributed by atoms with E-state index in [9.17, 15) is 0 Å². The van der Waals surface area contributed by atoms with Gasteiger partial charge in [-0.05, 0) is 38.5 Å². The molecule has 0 aliphatic rings. The number of aromatic nitrogens is 3. The number of hydrogen-bond acceptors (Lipinski definition) is 2. The summed E-state index contributed by atoms with van der Waals surface area (Å²) in [5, 5.41) is 9.09. The molecule has 0 radical (unpaired) electrons. The molecule has 0 unspecified atom stereocenters. The van der Waals surface area contributed by atoms with Crippen LogP contribution in [0.4, 0.5) is 0 Å². The van der Waals surface area contributed by atoms with Gasteiger partial charge in [-0.2, -0.15) is 0 Å². The number of nitrogens with zero attached hydrogens (tertiary/aromatic N) is 3. The Hall–Kier alpha value is -1.06. The highest BCUT2D eigenvalue weighted by Gasteiger charge is 2.17. The van der Waals surface area contributed by atoms with Crippen molar-refractivity contribution in [1.82, 2.24) is 14.8 Å². The summed E-state index contributed by atoms with van der Waals surface area (Å²) < 4.78 is 2.05. The van der Waals surface area contributed by atoms with E-state index >= 15 is 0 Å². The van der Waals surface area contributed by atoms with Gasteiger partial charge in [0.2, 0.25) is 0 Å². The molecular formula is C13H15Cl2N3. The Morgan fingerprint density at radius 3 is 2.61 bits per heavy atom. The van der Waals surface area contributed by atoms with E-state index in [4.69, 9.17) is 23.2 Å². The van der Waals surface area contributed by atoms with Gasteiger partial charge in [-0.1, -0.05) is 17.7 Å². The fourth-order valence-electron chi connectivity index (χ4n) is 1.98. The highest BCUT2D eigenvalue weighted by molar-refractivity contribution is 6.30. The van der Waals surface area contributed by atoms with Gasteiger partial charge in [0.15, 0.2) is 5.82 Å². The van der Waals surface area contributed by atoms with Crippen LogP contribution in [0.25, 0.3) is 11.4 Å². The summed E-state index contributed by atoms with van der Waals surface area (Å²) in [5.74, 6) is 1.95. The third kappa shape index (κ3) is 2.38. The van der Waals surface area contributed by atoms with Gasteiger partial charge in [0.1, 0.15) is 5.82 Å². The van der Waals surface area contributed by atoms with Crippen LogP contribution in [0.15, 0.2) is 18.2 Å². The fraction of sp³-hybridized carbons (Fsp3) is 0.385. The molecule has 0 atom stereocenters. The fourth-order valence-corrected chi connectivity index (χ4v) is 2.33. The quantitative estimate of drug-likeness (QED) is 0.790. The molecule has 0 spiro atoms. The Bertz CT molecular complexity index is 561. The maximum Gasteiger partial charge on any atom is 0.164 e. The Morgan fingerprint density at radius 2 is 2.00 bits per heavy atom. The second-order valence-electron chi connectivity index (χ2n) is 4.50. The SMILES string of the molecule is Cc1ccc(Cl)cc1-c1nnc(CCl)n1C(C)C. The van der Waals surface area contributed by atoms with E-state index in [1.54, 1.807) is 0 Å². The molecule has 1 aromatic carbocycles. The van der Waals surface area contributed by atoms with Gasteiger partial charge in [-0.3, -0.25) is 0 Å². The Balaban J connectivity index is 2.63. The standard InChI is InChI=1S/C13H15Cl2N3/c1-8(2)18-12(7-14)16-17-13(18)11-6-10(15)5-4-9(11)3/h4-6,8H,7H2,1-3H3. The molecule has 0 fully saturated rings. The summed E-state index contributed by atoms with van der Waals surface area (Å²) in [4.78, 5) is 0. The highest BCUT2D eigenvalue weighted by Crippen LogP contribution is 2.28. The normalized spacial score (nSPS) is 11.2. The Kier molecular flexibility index (Phi) is 3.93. The van der Waals surface area contributed by atoms with Gasteiger partial charge in [0, 0.05) is 16.6 Å². The second-order valence-corrected chi connectivity index (χ2v) is 5.20. The Morgan fingerprint density at radius 1 is 1.28 bits per heavy atom. The van der Waals surface area contributed by atoms with Crippen molar-refractivity contribution in [3.63, 3.8) is 0 Å². The van der Waals surface area contributed by atoms with Crippen molar-refractivity contribution in [2.24, 2.45) is 0 Å². The molecule has 96 valence electrons. The van der Waals surface area contributed by atoms with Crippen LogP contribution in [-0.2, 0) is 5.88 Å². The average Bonchev–Trinajstić information content (AvgIpc) is 2.75. The van der Waals surface area contributed by atoms with Gasteiger partial charge in [-0.15, -0.1) is 21.8 Å². The topological polar surface area (TPSA) is 30.7 Å². The number of rotatable bonds is 3. The first kappa shape index (κ1) is 13.4. The van der Waals surface area contributed by atoms with Crippen LogP contribution >= 0.6 is 23.2 Å². The van der Waals surface area contributed by atoms with Crippen molar-refractivity contribution in [3.05, 3.63) is 34.6 Å². The van der Waals surface area contributed by atoms with Crippen molar-refractivity contribution < 1.29 is 0 Å². The lowest BCUT2D eigenvalue weighted by Crippen LogP contribution is -2.07. The zero-order valence-corrected chi connectivity index (χ0v) is 12.1. The van der Waals surface area contributed by atoms with E-state index in [0.717, 1.165) is 22.8 Å². The molecule has 2 rings (SSSR count). The molecule has 0 saturated heterocycles. The van der Waals surface area contributed by atoms with E-state index in [0.29, 0.717) is 10.9 Å². The minimum absolute atomic E-state index is 0.252. The summed E-state index contributed by atoms with van der Waals surface area (Å²) >= 11 is 12.0. The zero-order chi connectivity index (χ0) is 13.3. The van der Waals surface area contributed by atoms with Crippen LogP contribution in [0.5, 0.6) is 0 Å². The summed E-state index contributed by atoms with van der Waals surface area (Å²) in [7, 11) is 0. The molecule has 3 nitrogen and oxygen atoms in total. The minimum atomic E-state index is 0.252. The summed E-state index contributed by atoms with van der Waals surface area (Å²) in [6.07, 6.45) is 0. The number of benzene rings is 1. The zero-order valence-electron chi connectivity index (χ0n) is 10.6. The van der Waals surface area contributed by atoms with Gasteiger partial charge < -0.3 is 4.57 Å². The van der Waals surface area contributed by atoms with Crippen molar-refractivity contribution in [2.45, 2.75) is 32.7 Å². The van der Waals surface area contributed by atoms with E-state index in [-0.39, 0.29) is 6.04 Å². The van der Waals surface area contributed by atoms with E-state index in [1.165, 1.54) is 0 Å². The number of halogens is 2. The van der Waals surface area contributed by atoms with Gasteiger partial charge in [0.25, 0.3) is 0 Å². The van der Waals surface area contributed by atoms with Crippen molar-refractivity contribution in [3.8, 4) is 11.4 Å². The smallest absolute Gasteiger partial charge is 0.164 e. The predicted molar refractivity (Wildman–Crippen MR) is 75.1 cm³/mol. The van der Waals surface area contributed by atoms with E-state index in [2.05, 4.69) is 24.0 Å². The number of aryl methyl sites for hydroxylation is 1. The number of hydrogen-bond donors (Lipinski definition) is 0. The molecule has 0 N–H and O–H groups in total. The van der Waals surface area contributed by atoms with Gasteiger partial charge in [0.05, 0.1) is 5.88 Å². The van der Waals surface area contributed by atoms with E-state index in [1.807, 2.05) is 29.7 Å². The first-order valence-electron chi connectivity index (χ1n) is 5.81. The molecule has 0 saturated carbocycles. The predicted octanol–water partition coefficient (Wildman–Crippen LogP) is 4.23. The molecule has 1 heterocycles. The third-order valence-electron chi connectivity index (χ3n) is 2.84. The molecule has 0 amide bonds. The first-order valence-corrected chi connectivity index (χ1v) is 6.72. The third-order valence-corrected chi connectivity index (χ3v) is 3.32. The summed E-state index contributed by atoms with van der Waals surface area (Å²) in [6, 6.07) is 6.02. The maximum atomic E-state index is 6.06. The lowest BCUT2D eigenvalue weighted by atomic mass is 10.1. The van der Waals surface area contributed by atoms with Crippen molar-refractivity contribution in [2.75, 3.05) is 0 Å². The molecular weight excluding hydrogens is 269 g/mol. The van der Waals surface area contributed by atoms with Gasteiger partial charge >= 0.3 is 0 Å². The van der Waals surface area contributed by atoms with Crippen LogP contribution < -0.4 is 0 Å². The molecule has 0 aliphatic carbocycles. The summed E-state index contributed by atoms with van der Waals surface area (Å²) in [5.41, 5.74) is 2.12. The largest absolute Gasteiger partial charge is 0.307 e. The van der Waals surface area contributed by atoms with Crippen LogP contribution in [0.3, 0.4) is 0 Å². The molecule has 0 aliphatic heterocycles. The first-order chi connectivity index (χ1) is 8.54. The van der Waals surface area contributed by atoms with Crippen LogP contribution in [0.2, 0.25) is 5.02 Å².